The normalized spacial score (nSPS) is 11.9. The van der Waals surface area contributed by atoms with E-state index in [9.17, 15) is 13.2 Å². The van der Waals surface area contributed by atoms with Crippen LogP contribution in [0.4, 0.5) is 0 Å². The van der Waals surface area contributed by atoms with E-state index in [1.54, 1.807) is 19.2 Å². The number of amides is 1. The summed E-state index contributed by atoms with van der Waals surface area (Å²) in [5.41, 5.74) is 0.732. The fourth-order valence-corrected chi connectivity index (χ4v) is 6.29. The van der Waals surface area contributed by atoms with Crippen LogP contribution in [-0.2, 0) is 27.9 Å². The Kier molecular flexibility index (Phi) is 6.72. The summed E-state index contributed by atoms with van der Waals surface area (Å²) in [6.45, 7) is 2.28. The Hall–Kier alpha value is -2.12. The van der Waals surface area contributed by atoms with Gasteiger partial charge in [0, 0.05) is 26.1 Å². The van der Waals surface area contributed by atoms with Crippen LogP contribution in [0.3, 0.4) is 0 Å². The van der Waals surface area contributed by atoms with Crippen molar-refractivity contribution in [2.45, 2.75) is 24.3 Å². The molecule has 1 amide bonds. The molecule has 0 aliphatic carbocycles. The number of aromatic nitrogens is 2. The second kappa shape index (κ2) is 8.94. The summed E-state index contributed by atoms with van der Waals surface area (Å²) in [5.74, 6) is 0.608. The highest BCUT2D eigenvalue weighted by Crippen LogP contribution is 2.35. The molecule has 0 bridgehead atoms. The lowest BCUT2D eigenvalue weighted by Crippen LogP contribution is -2.22. The van der Waals surface area contributed by atoms with Gasteiger partial charge in [0.1, 0.15) is 15.6 Å². The number of ether oxygens (including phenoxy) is 2. The van der Waals surface area contributed by atoms with Gasteiger partial charge in [0.25, 0.3) is 15.9 Å². The molecule has 0 saturated carbocycles. The van der Waals surface area contributed by atoms with Gasteiger partial charge in [-0.1, -0.05) is 0 Å². The monoisotopic (exact) mass is 470 g/mol. The van der Waals surface area contributed by atoms with Gasteiger partial charge in [-0.3, -0.25) is 4.79 Å². The van der Waals surface area contributed by atoms with Crippen molar-refractivity contribution >= 4 is 48.8 Å². The van der Waals surface area contributed by atoms with Crippen molar-refractivity contribution in [3.63, 3.8) is 0 Å². The van der Waals surface area contributed by atoms with Crippen LogP contribution in [0.2, 0.25) is 0 Å². The average molecular weight is 471 g/mol. The molecule has 0 aliphatic rings. The second-order valence-electron chi connectivity index (χ2n) is 6.51. The minimum absolute atomic E-state index is 0.220. The van der Waals surface area contributed by atoms with E-state index in [0.717, 1.165) is 26.1 Å². The van der Waals surface area contributed by atoms with Gasteiger partial charge < -0.3 is 14.8 Å². The van der Waals surface area contributed by atoms with E-state index >= 15 is 0 Å². The van der Waals surface area contributed by atoms with Gasteiger partial charge >= 0.3 is 0 Å². The van der Waals surface area contributed by atoms with Crippen LogP contribution in [0.25, 0.3) is 10.2 Å². The predicted octanol–water partition coefficient (Wildman–Crippen LogP) is 2.40. The van der Waals surface area contributed by atoms with Crippen molar-refractivity contribution in [2.75, 3.05) is 28.3 Å². The molecule has 0 spiro atoms. The molecule has 0 saturated heterocycles. The number of thiophene rings is 2. The molecular weight excluding hydrogens is 448 g/mol. The Labute approximate surface area is 182 Å². The zero-order valence-corrected chi connectivity index (χ0v) is 19.6. The number of fused-ring (bicyclic) bond motifs is 1. The standard InChI is InChI=1S/C18H22N4O5S3/c1-10-14-17(27-5)20-12(9-26-4)21-18(14)29-15(10)16(23)19-8-11-6-7-13(28-11)30(24,25)22(2)3/h6-7H,8-9H2,1-5H3,(H,19,23). The number of carbonyl (C=O) groups is 1. The highest BCUT2D eigenvalue weighted by Gasteiger charge is 2.22. The summed E-state index contributed by atoms with van der Waals surface area (Å²) in [7, 11) is 2.55. The second-order valence-corrected chi connectivity index (χ2v) is 11.1. The van der Waals surface area contributed by atoms with Gasteiger partial charge in [-0.2, -0.15) is 4.98 Å². The molecule has 0 aliphatic heterocycles. The fraction of sp³-hybridized carbons (Fsp3) is 0.389. The first-order chi connectivity index (χ1) is 14.2. The maximum Gasteiger partial charge on any atom is 0.262 e. The molecule has 1 N–H and O–H groups in total. The van der Waals surface area contributed by atoms with Crippen molar-refractivity contribution in [3.05, 3.63) is 33.3 Å². The number of nitrogens with zero attached hydrogens (tertiary/aromatic N) is 3. The van der Waals surface area contributed by atoms with Crippen molar-refractivity contribution in [3.8, 4) is 5.88 Å². The third-order valence-electron chi connectivity index (χ3n) is 4.27. The zero-order valence-electron chi connectivity index (χ0n) is 17.2. The minimum atomic E-state index is -3.49. The van der Waals surface area contributed by atoms with Gasteiger partial charge in [0.05, 0.1) is 23.9 Å². The maximum atomic E-state index is 12.8. The molecule has 0 fully saturated rings. The molecule has 3 rings (SSSR count). The van der Waals surface area contributed by atoms with E-state index in [4.69, 9.17) is 9.47 Å². The van der Waals surface area contributed by atoms with E-state index in [2.05, 4.69) is 15.3 Å². The molecule has 0 radical (unpaired) electrons. The fourth-order valence-electron chi connectivity index (χ4n) is 2.72. The molecule has 30 heavy (non-hydrogen) atoms. The minimum Gasteiger partial charge on any atom is -0.480 e. The van der Waals surface area contributed by atoms with Crippen LogP contribution in [0.1, 0.15) is 25.9 Å². The van der Waals surface area contributed by atoms with E-state index in [-0.39, 0.29) is 23.3 Å². The smallest absolute Gasteiger partial charge is 0.262 e. The third-order valence-corrected chi connectivity index (χ3v) is 8.82. The number of hydrogen-bond acceptors (Lipinski definition) is 9. The van der Waals surface area contributed by atoms with Crippen LogP contribution in [0.15, 0.2) is 16.3 Å². The van der Waals surface area contributed by atoms with E-state index in [0.29, 0.717) is 26.8 Å². The lowest BCUT2D eigenvalue weighted by atomic mass is 10.2. The summed E-state index contributed by atoms with van der Waals surface area (Å²) >= 11 is 2.38. The molecule has 0 aromatic carbocycles. The molecule has 3 aromatic heterocycles. The first kappa shape index (κ1) is 22.6. The Morgan fingerprint density at radius 1 is 1.20 bits per heavy atom. The molecule has 0 unspecified atom stereocenters. The zero-order chi connectivity index (χ0) is 22.1. The Balaban J connectivity index is 1.82. The predicted molar refractivity (Wildman–Crippen MR) is 116 cm³/mol. The van der Waals surface area contributed by atoms with Crippen LogP contribution >= 0.6 is 22.7 Å². The summed E-state index contributed by atoms with van der Waals surface area (Å²) in [6, 6.07) is 3.24. The van der Waals surface area contributed by atoms with Crippen LogP contribution in [-0.4, -0.2) is 56.9 Å². The van der Waals surface area contributed by atoms with Crippen molar-refractivity contribution in [2.24, 2.45) is 0 Å². The van der Waals surface area contributed by atoms with Crippen molar-refractivity contribution in [1.82, 2.24) is 19.6 Å². The van der Waals surface area contributed by atoms with Crippen molar-refractivity contribution < 1.29 is 22.7 Å². The Bertz CT molecular complexity index is 1180. The molecule has 3 aromatic rings. The van der Waals surface area contributed by atoms with Crippen molar-refractivity contribution in [1.29, 1.82) is 0 Å². The molecule has 12 heteroatoms. The first-order valence-corrected chi connectivity index (χ1v) is 11.9. The van der Waals surface area contributed by atoms with Gasteiger partial charge in [-0.25, -0.2) is 17.7 Å². The third kappa shape index (κ3) is 4.32. The van der Waals surface area contributed by atoms with Crippen LogP contribution < -0.4 is 10.1 Å². The quantitative estimate of drug-likeness (QED) is 0.538. The number of sulfonamides is 1. The number of hydrogen-bond donors (Lipinski definition) is 1. The Morgan fingerprint density at radius 2 is 1.93 bits per heavy atom. The largest absolute Gasteiger partial charge is 0.480 e. The van der Waals surface area contributed by atoms with Crippen LogP contribution in [0.5, 0.6) is 5.88 Å². The topological polar surface area (TPSA) is 111 Å². The SMILES string of the molecule is COCc1nc(OC)c2c(C)c(C(=O)NCc3ccc(S(=O)(=O)N(C)C)s3)sc2n1. The average Bonchev–Trinajstić information content (AvgIpc) is 3.31. The highest BCUT2D eigenvalue weighted by atomic mass is 32.2. The van der Waals surface area contributed by atoms with Gasteiger partial charge in [-0.05, 0) is 24.6 Å². The number of carbonyl (C=O) groups excluding carboxylic acids is 1. The van der Waals surface area contributed by atoms with Gasteiger partial charge in [0.15, 0.2) is 5.82 Å². The van der Waals surface area contributed by atoms with E-state index in [1.165, 1.54) is 32.5 Å². The summed E-state index contributed by atoms with van der Waals surface area (Å²) in [5, 5.41) is 3.55. The maximum absolute atomic E-state index is 12.8. The van der Waals surface area contributed by atoms with E-state index in [1.807, 2.05) is 6.92 Å². The number of aryl methyl sites for hydroxylation is 1. The van der Waals surface area contributed by atoms with Crippen LogP contribution in [0, 0.1) is 6.92 Å². The number of rotatable bonds is 8. The molecule has 9 nitrogen and oxygen atoms in total. The lowest BCUT2D eigenvalue weighted by Gasteiger charge is -2.08. The van der Waals surface area contributed by atoms with Gasteiger partial charge in [-0.15, -0.1) is 22.7 Å². The first-order valence-electron chi connectivity index (χ1n) is 8.81. The summed E-state index contributed by atoms with van der Waals surface area (Å²) in [4.78, 5) is 23.5. The number of methoxy groups -OCH3 is 2. The van der Waals surface area contributed by atoms with Gasteiger partial charge in [0.2, 0.25) is 5.88 Å². The molecule has 162 valence electrons. The number of nitrogens with one attached hydrogen (secondary N) is 1. The lowest BCUT2D eigenvalue weighted by molar-refractivity contribution is 0.0955. The summed E-state index contributed by atoms with van der Waals surface area (Å²) < 4.78 is 36.3. The highest BCUT2D eigenvalue weighted by molar-refractivity contribution is 7.91. The summed E-state index contributed by atoms with van der Waals surface area (Å²) in [6.07, 6.45) is 0. The molecular formula is C18H22N4O5S3. The Morgan fingerprint density at radius 3 is 2.57 bits per heavy atom. The molecule has 0 atom stereocenters. The molecule has 3 heterocycles. The van der Waals surface area contributed by atoms with E-state index < -0.39 is 10.0 Å².